The third kappa shape index (κ3) is 4.12. The van der Waals surface area contributed by atoms with Gasteiger partial charge in [-0.15, -0.1) is 0 Å². The molecule has 2 nitrogen and oxygen atoms in total. The minimum atomic E-state index is -4.00. The van der Waals surface area contributed by atoms with Crippen LogP contribution in [-0.2, 0) is 9.47 Å². The maximum absolute atomic E-state index is 12.0. The van der Waals surface area contributed by atoms with Gasteiger partial charge in [0.25, 0.3) is 0 Å². The first-order chi connectivity index (χ1) is 8.49. The quantitative estimate of drug-likeness (QED) is 0.715. The van der Waals surface area contributed by atoms with Crippen molar-refractivity contribution in [2.45, 2.75) is 63.3 Å². The molecule has 1 aliphatic carbocycles. The summed E-state index contributed by atoms with van der Waals surface area (Å²) in [6, 6.07) is 0. The highest BCUT2D eigenvalue weighted by atomic mass is 19.4. The molecule has 1 spiro atoms. The van der Waals surface area contributed by atoms with Crippen LogP contribution in [0, 0.1) is 5.92 Å². The summed E-state index contributed by atoms with van der Waals surface area (Å²) in [6.45, 7) is 1.35. The molecule has 1 aliphatic heterocycles. The second kappa shape index (κ2) is 5.78. The van der Waals surface area contributed by atoms with Crippen LogP contribution in [-0.4, -0.2) is 25.2 Å². The monoisotopic (exact) mass is 266 g/mol. The summed E-state index contributed by atoms with van der Waals surface area (Å²) in [5.74, 6) is 0.208. The summed E-state index contributed by atoms with van der Waals surface area (Å²) in [7, 11) is 0. The van der Waals surface area contributed by atoms with E-state index in [1.807, 2.05) is 0 Å². The molecule has 0 aromatic heterocycles. The van der Waals surface area contributed by atoms with Crippen LogP contribution in [0.3, 0.4) is 0 Å². The van der Waals surface area contributed by atoms with E-state index in [1.165, 1.54) is 0 Å². The number of alkyl halides is 3. The third-order valence-corrected chi connectivity index (χ3v) is 4.00. The Morgan fingerprint density at radius 3 is 2.17 bits per heavy atom. The van der Waals surface area contributed by atoms with Crippen LogP contribution in [0.5, 0.6) is 0 Å². The molecule has 106 valence electrons. The van der Waals surface area contributed by atoms with Crippen molar-refractivity contribution < 1.29 is 22.6 Å². The molecule has 1 saturated heterocycles. The van der Waals surface area contributed by atoms with Crippen LogP contribution in [0.1, 0.15) is 51.4 Å². The zero-order chi connectivity index (χ0) is 13.1. The van der Waals surface area contributed by atoms with Crippen LogP contribution in [0.15, 0.2) is 0 Å². The molecule has 5 heteroatoms. The van der Waals surface area contributed by atoms with Gasteiger partial charge in [0.15, 0.2) is 5.79 Å². The Hall–Kier alpha value is -0.290. The van der Waals surface area contributed by atoms with E-state index in [0.717, 1.165) is 32.1 Å². The topological polar surface area (TPSA) is 18.5 Å². The maximum Gasteiger partial charge on any atom is 0.389 e. The molecule has 2 aliphatic rings. The highest BCUT2D eigenvalue weighted by Gasteiger charge is 2.40. The molecule has 0 aromatic rings. The molecular formula is C13H21F3O2. The van der Waals surface area contributed by atoms with Crippen molar-refractivity contribution in [2.75, 3.05) is 13.2 Å². The first-order valence-electron chi connectivity index (χ1n) is 6.84. The minimum absolute atomic E-state index is 0.262. The second-order valence-electron chi connectivity index (χ2n) is 5.41. The van der Waals surface area contributed by atoms with Gasteiger partial charge in [-0.05, 0) is 25.2 Å². The average Bonchev–Trinajstić information content (AvgIpc) is 2.75. The normalized spacial score (nSPS) is 24.8. The van der Waals surface area contributed by atoms with Crippen molar-refractivity contribution in [1.29, 1.82) is 0 Å². The fraction of sp³-hybridized carbons (Fsp3) is 1.00. The largest absolute Gasteiger partial charge is 0.389 e. The molecule has 2 fully saturated rings. The summed E-state index contributed by atoms with van der Waals surface area (Å²) in [6.07, 6.45) is 1.05. The maximum atomic E-state index is 12.0. The first-order valence-corrected chi connectivity index (χ1v) is 6.84. The van der Waals surface area contributed by atoms with Crippen LogP contribution < -0.4 is 0 Å². The van der Waals surface area contributed by atoms with Crippen molar-refractivity contribution in [3.05, 3.63) is 0 Å². The summed E-state index contributed by atoms with van der Waals surface area (Å²) < 4.78 is 47.2. The highest BCUT2D eigenvalue weighted by molar-refractivity contribution is 4.82. The van der Waals surface area contributed by atoms with E-state index in [0.29, 0.717) is 25.6 Å². The van der Waals surface area contributed by atoms with Gasteiger partial charge >= 0.3 is 6.18 Å². The van der Waals surface area contributed by atoms with Gasteiger partial charge in [-0.3, -0.25) is 0 Å². The molecule has 18 heavy (non-hydrogen) atoms. The average molecular weight is 266 g/mol. The first kappa shape index (κ1) is 14.1. The number of unbranched alkanes of at least 4 members (excludes halogenated alkanes) is 1. The van der Waals surface area contributed by atoms with Crippen molar-refractivity contribution in [1.82, 2.24) is 0 Å². The van der Waals surface area contributed by atoms with Gasteiger partial charge in [-0.1, -0.05) is 12.8 Å². The van der Waals surface area contributed by atoms with E-state index in [-0.39, 0.29) is 12.2 Å². The summed E-state index contributed by atoms with van der Waals surface area (Å²) in [5.41, 5.74) is 0. The fourth-order valence-corrected chi connectivity index (χ4v) is 2.95. The Kier molecular flexibility index (Phi) is 4.54. The predicted molar refractivity (Wildman–Crippen MR) is 61.1 cm³/mol. The van der Waals surface area contributed by atoms with Crippen LogP contribution in [0.25, 0.3) is 0 Å². The molecule has 0 aromatic carbocycles. The molecule has 0 bridgehead atoms. The summed E-state index contributed by atoms with van der Waals surface area (Å²) in [4.78, 5) is 0. The standard InChI is InChI=1S/C13H21F3O2/c14-13(15,16)6-2-1-3-11-4-7-12(8-5-11)17-9-10-18-12/h11H,1-10H2. The Morgan fingerprint density at radius 2 is 1.61 bits per heavy atom. The van der Waals surface area contributed by atoms with Crippen LogP contribution >= 0.6 is 0 Å². The van der Waals surface area contributed by atoms with E-state index in [1.54, 1.807) is 0 Å². The van der Waals surface area contributed by atoms with Crippen molar-refractivity contribution >= 4 is 0 Å². The van der Waals surface area contributed by atoms with Crippen LogP contribution in [0.2, 0.25) is 0 Å². The van der Waals surface area contributed by atoms with Gasteiger partial charge < -0.3 is 9.47 Å². The molecule has 0 unspecified atom stereocenters. The predicted octanol–water partition coefficient (Wildman–Crippen LogP) is 4.04. The molecule has 2 rings (SSSR count). The zero-order valence-electron chi connectivity index (χ0n) is 10.6. The minimum Gasteiger partial charge on any atom is -0.348 e. The van der Waals surface area contributed by atoms with E-state index in [4.69, 9.17) is 9.47 Å². The lowest BCUT2D eigenvalue weighted by Crippen LogP contribution is -2.35. The molecule has 0 radical (unpaired) electrons. The summed E-state index contributed by atoms with van der Waals surface area (Å²) >= 11 is 0. The second-order valence-corrected chi connectivity index (χ2v) is 5.41. The van der Waals surface area contributed by atoms with Crippen molar-refractivity contribution in [3.63, 3.8) is 0 Å². The molecule has 1 saturated carbocycles. The van der Waals surface area contributed by atoms with Gasteiger partial charge in [-0.2, -0.15) is 13.2 Å². The van der Waals surface area contributed by atoms with Crippen molar-refractivity contribution in [3.8, 4) is 0 Å². The fourth-order valence-electron chi connectivity index (χ4n) is 2.95. The van der Waals surface area contributed by atoms with Crippen molar-refractivity contribution in [2.24, 2.45) is 5.92 Å². The molecule has 0 amide bonds. The van der Waals surface area contributed by atoms with Gasteiger partial charge in [0.05, 0.1) is 13.2 Å². The lowest BCUT2D eigenvalue weighted by atomic mass is 9.82. The SMILES string of the molecule is FC(F)(F)CCCCC1CCC2(CC1)OCCO2. The van der Waals surface area contributed by atoms with Crippen LogP contribution in [0.4, 0.5) is 13.2 Å². The Labute approximate surface area is 106 Å². The number of halogens is 3. The smallest absolute Gasteiger partial charge is 0.348 e. The third-order valence-electron chi connectivity index (χ3n) is 4.00. The Balaban J connectivity index is 1.59. The number of hydrogen-bond acceptors (Lipinski definition) is 2. The molecule has 0 N–H and O–H groups in total. The van der Waals surface area contributed by atoms with Gasteiger partial charge in [0, 0.05) is 19.3 Å². The lowest BCUT2D eigenvalue weighted by Gasteiger charge is -2.35. The zero-order valence-corrected chi connectivity index (χ0v) is 10.6. The van der Waals surface area contributed by atoms with Gasteiger partial charge in [-0.25, -0.2) is 0 Å². The molecular weight excluding hydrogens is 245 g/mol. The molecule has 1 heterocycles. The van der Waals surface area contributed by atoms with E-state index < -0.39 is 12.6 Å². The highest BCUT2D eigenvalue weighted by Crippen LogP contribution is 2.40. The summed E-state index contributed by atoms with van der Waals surface area (Å²) in [5, 5.41) is 0. The molecule has 0 atom stereocenters. The number of rotatable bonds is 4. The number of ether oxygens (including phenoxy) is 2. The number of hydrogen-bond donors (Lipinski definition) is 0. The Bertz CT molecular complexity index is 249. The van der Waals surface area contributed by atoms with Gasteiger partial charge in [0.2, 0.25) is 0 Å². The Morgan fingerprint density at radius 1 is 1.00 bits per heavy atom. The van der Waals surface area contributed by atoms with E-state index in [2.05, 4.69) is 0 Å². The van der Waals surface area contributed by atoms with Gasteiger partial charge in [0.1, 0.15) is 0 Å². The van der Waals surface area contributed by atoms with E-state index >= 15 is 0 Å². The lowest BCUT2D eigenvalue weighted by molar-refractivity contribution is -0.182. The van der Waals surface area contributed by atoms with E-state index in [9.17, 15) is 13.2 Å².